The summed E-state index contributed by atoms with van der Waals surface area (Å²) >= 11 is 5.13. The summed E-state index contributed by atoms with van der Waals surface area (Å²) in [5, 5.41) is 8.74. The van der Waals surface area contributed by atoms with Gasteiger partial charge in [-0.25, -0.2) is 4.79 Å². The van der Waals surface area contributed by atoms with Gasteiger partial charge in [0.15, 0.2) is 5.11 Å². The molecule has 2 rings (SSSR count). The molecule has 142 valence electrons. The van der Waals surface area contributed by atoms with E-state index >= 15 is 0 Å². The summed E-state index contributed by atoms with van der Waals surface area (Å²) in [6.45, 7) is 4.16. The van der Waals surface area contributed by atoms with Gasteiger partial charge in [-0.3, -0.25) is 15.6 Å². The second-order valence-electron chi connectivity index (χ2n) is 6.08. The Morgan fingerprint density at radius 1 is 0.963 bits per heavy atom. The van der Waals surface area contributed by atoms with Crippen molar-refractivity contribution >= 4 is 35.0 Å². The SMILES string of the molecule is CC(C)NC(=O)NCc1ccc(C(=O)NNC(=S)Nc2ccccc2)cc1. The van der Waals surface area contributed by atoms with E-state index in [0.717, 1.165) is 11.3 Å². The molecule has 0 aliphatic heterocycles. The fraction of sp³-hybridized carbons (Fsp3) is 0.211. The Morgan fingerprint density at radius 2 is 1.63 bits per heavy atom. The van der Waals surface area contributed by atoms with Crippen molar-refractivity contribution in [1.82, 2.24) is 21.5 Å². The molecule has 3 amide bonds. The molecule has 2 aromatic carbocycles. The number of anilines is 1. The first-order valence-electron chi connectivity index (χ1n) is 8.49. The molecule has 0 saturated heterocycles. The van der Waals surface area contributed by atoms with Crippen molar-refractivity contribution in [2.75, 3.05) is 5.32 Å². The lowest BCUT2D eigenvalue weighted by Gasteiger charge is -2.12. The van der Waals surface area contributed by atoms with Gasteiger partial charge in [0.05, 0.1) is 0 Å². The minimum absolute atomic E-state index is 0.0750. The molecule has 0 heterocycles. The number of hydrogen-bond donors (Lipinski definition) is 5. The lowest BCUT2D eigenvalue weighted by atomic mass is 10.1. The fourth-order valence-electron chi connectivity index (χ4n) is 2.14. The Bertz CT molecular complexity index is 778. The molecule has 0 saturated carbocycles. The molecule has 0 bridgehead atoms. The molecule has 8 heteroatoms. The van der Waals surface area contributed by atoms with Crippen LogP contribution in [0, 0.1) is 0 Å². The summed E-state index contributed by atoms with van der Waals surface area (Å²) in [7, 11) is 0. The highest BCUT2D eigenvalue weighted by Gasteiger charge is 2.07. The maximum Gasteiger partial charge on any atom is 0.315 e. The van der Waals surface area contributed by atoms with E-state index in [4.69, 9.17) is 12.2 Å². The number of para-hydroxylation sites is 1. The first kappa shape index (κ1) is 20.2. The number of urea groups is 1. The minimum Gasteiger partial charge on any atom is -0.336 e. The Labute approximate surface area is 163 Å². The average Bonchev–Trinajstić information content (AvgIpc) is 2.65. The van der Waals surface area contributed by atoms with E-state index in [9.17, 15) is 9.59 Å². The molecule has 2 aromatic rings. The lowest BCUT2D eigenvalue weighted by Crippen LogP contribution is -2.43. The van der Waals surface area contributed by atoms with Gasteiger partial charge < -0.3 is 16.0 Å². The largest absolute Gasteiger partial charge is 0.336 e. The van der Waals surface area contributed by atoms with E-state index in [1.807, 2.05) is 44.2 Å². The van der Waals surface area contributed by atoms with Crippen LogP contribution in [0.1, 0.15) is 29.8 Å². The molecule has 0 fully saturated rings. The molecule has 0 unspecified atom stereocenters. The van der Waals surface area contributed by atoms with Crippen LogP contribution in [0.15, 0.2) is 54.6 Å². The summed E-state index contributed by atoms with van der Waals surface area (Å²) < 4.78 is 0. The summed E-state index contributed by atoms with van der Waals surface area (Å²) in [6, 6.07) is 16.2. The number of thiocarbonyl (C=S) groups is 1. The van der Waals surface area contributed by atoms with Gasteiger partial charge in [0.2, 0.25) is 0 Å². The van der Waals surface area contributed by atoms with Crippen molar-refractivity contribution in [3.05, 3.63) is 65.7 Å². The zero-order valence-electron chi connectivity index (χ0n) is 15.2. The van der Waals surface area contributed by atoms with Crippen molar-refractivity contribution < 1.29 is 9.59 Å². The third kappa shape index (κ3) is 7.33. The molecular formula is C19H23N5O2S. The van der Waals surface area contributed by atoms with Crippen LogP contribution in [0.4, 0.5) is 10.5 Å². The number of benzene rings is 2. The second kappa shape index (κ2) is 10.1. The van der Waals surface area contributed by atoms with E-state index in [2.05, 4.69) is 26.8 Å². The maximum absolute atomic E-state index is 12.2. The number of carbonyl (C=O) groups is 2. The molecule has 5 N–H and O–H groups in total. The quantitative estimate of drug-likeness (QED) is 0.403. The molecule has 0 atom stereocenters. The minimum atomic E-state index is -0.315. The summed E-state index contributed by atoms with van der Waals surface area (Å²) in [6.07, 6.45) is 0. The van der Waals surface area contributed by atoms with E-state index in [1.54, 1.807) is 24.3 Å². The highest BCUT2D eigenvalue weighted by atomic mass is 32.1. The first-order chi connectivity index (χ1) is 12.9. The van der Waals surface area contributed by atoms with Gasteiger partial charge in [-0.15, -0.1) is 0 Å². The monoisotopic (exact) mass is 385 g/mol. The molecule has 0 spiro atoms. The number of hydrazine groups is 1. The van der Waals surface area contributed by atoms with E-state index in [-0.39, 0.29) is 23.1 Å². The van der Waals surface area contributed by atoms with Crippen LogP contribution in [-0.4, -0.2) is 23.1 Å². The van der Waals surface area contributed by atoms with Gasteiger partial charge >= 0.3 is 6.03 Å². The van der Waals surface area contributed by atoms with Crippen LogP contribution in [0.25, 0.3) is 0 Å². The van der Waals surface area contributed by atoms with Gasteiger partial charge in [-0.05, 0) is 55.9 Å². The Balaban J connectivity index is 1.77. The normalized spacial score (nSPS) is 10.0. The molecule has 27 heavy (non-hydrogen) atoms. The molecule has 0 aromatic heterocycles. The summed E-state index contributed by atoms with van der Waals surface area (Å²) in [5.41, 5.74) is 7.38. The van der Waals surface area contributed by atoms with Crippen molar-refractivity contribution in [1.29, 1.82) is 0 Å². The number of amides is 3. The Morgan fingerprint density at radius 3 is 2.26 bits per heavy atom. The van der Waals surface area contributed by atoms with Crippen LogP contribution in [-0.2, 0) is 6.54 Å². The standard InChI is InChI=1S/C19H23N5O2S/c1-13(2)21-18(26)20-12-14-8-10-15(11-9-14)17(25)23-24-19(27)22-16-6-4-3-5-7-16/h3-11,13H,12H2,1-2H3,(H,23,25)(H2,20,21,26)(H2,22,24,27). The first-order valence-corrected chi connectivity index (χ1v) is 8.90. The Kier molecular flexibility index (Phi) is 7.57. The van der Waals surface area contributed by atoms with Crippen LogP contribution >= 0.6 is 12.2 Å². The van der Waals surface area contributed by atoms with Crippen LogP contribution in [0.5, 0.6) is 0 Å². The third-order valence-corrected chi connectivity index (χ3v) is 3.61. The van der Waals surface area contributed by atoms with Gasteiger partial charge in [0.25, 0.3) is 5.91 Å². The predicted molar refractivity (Wildman–Crippen MR) is 110 cm³/mol. The van der Waals surface area contributed by atoms with Crippen molar-refractivity contribution in [3.8, 4) is 0 Å². The molecule has 7 nitrogen and oxygen atoms in total. The number of hydrogen-bond acceptors (Lipinski definition) is 3. The lowest BCUT2D eigenvalue weighted by molar-refractivity contribution is 0.0944. The Hall–Kier alpha value is -3.13. The van der Waals surface area contributed by atoms with Gasteiger partial charge in [-0.2, -0.15) is 0 Å². The van der Waals surface area contributed by atoms with E-state index in [1.165, 1.54) is 0 Å². The van der Waals surface area contributed by atoms with Gasteiger partial charge in [0.1, 0.15) is 0 Å². The predicted octanol–water partition coefficient (Wildman–Crippen LogP) is 2.53. The van der Waals surface area contributed by atoms with Crippen LogP contribution in [0.2, 0.25) is 0 Å². The van der Waals surface area contributed by atoms with E-state index < -0.39 is 0 Å². The highest BCUT2D eigenvalue weighted by Crippen LogP contribution is 2.05. The fourth-order valence-corrected chi connectivity index (χ4v) is 2.31. The average molecular weight is 385 g/mol. The maximum atomic E-state index is 12.2. The topological polar surface area (TPSA) is 94.3 Å². The van der Waals surface area contributed by atoms with Crippen molar-refractivity contribution in [2.24, 2.45) is 0 Å². The third-order valence-electron chi connectivity index (χ3n) is 3.41. The number of carbonyl (C=O) groups excluding carboxylic acids is 2. The second-order valence-corrected chi connectivity index (χ2v) is 6.49. The van der Waals surface area contributed by atoms with E-state index in [0.29, 0.717) is 12.1 Å². The molecule has 0 radical (unpaired) electrons. The highest BCUT2D eigenvalue weighted by molar-refractivity contribution is 7.80. The van der Waals surface area contributed by atoms with Gasteiger partial charge in [0, 0.05) is 23.8 Å². The van der Waals surface area contributed by atoms with Crippen molar-refractivity contribution in [3.63, 3.8) is 0 Å². The zero-order valence-corrected chi connectivity index (χ0v) is 16.0. The number of rotatable bonds is 5. The van der Waals surface area contributed by atoms with Crippen LogP contribution < -0.4 is 26.8 Å². The summed E-state index contributed by atoms with van der Waals surface area (Å²) in [5.74, 6) is -0.315. The number of nitrogens with one attached hydrogen (secondary N) is 5. The molecular weight excluding hydrogens is 362 g/mol. The van der Waals surface area contributed by atoms with Crippen molar-refractivity contribution in [2.45, 2.75) is 26.4 Å². The summed E-state index contributed by atoms with van der Waals surface area (Å²) in [4.78, 5) is 23.7. The zero-order chi connectivity index (χ0) is 19.6. The van der Waals surface area contributed by atoms with Crippen LogP contribution in [0.3, 0.4) is 0 Å². The molecule has 0 aliphatic rings. The molecule has 0 aliphatic carbocycles. The smallest absolute Gasteiger partial charge is 0.315 e. The van der Waals surface area contributed by atoms with Gasteiger partial charge in [-0.1, -0.05) is 30.3 Å².